The molecule has 0 bridgehead atoms. The molecule has 0 rings (SSSR count). The normalized spacial score (nSPS) is 12.9. The third-order valence-electron chi connectivity index (χ3n) is 2.13. The Morgan fingerprint density at radius 3 is 2.07 bits per heavy atom. The highest BCUT2D eigenvalue weighted by molar-refractivity contribution is 6.73. The van der Waals surface area contributed by atoms with Crippen LogP contribution in [0.4, 0.5) is 0 Å². The maximum Gasteiger partial charge on any atom is 0.168 e. The number of carbonyl (C=O) groups excluding carboxylic acids is 1. The largest absolute Gasteiger partial charge is 0.328 e. The first-order valence-corrected chi connectivity index (χ1v) is 8.45. The summed E-state index contributed by atoms with van der Waals surface area (Å²) in [6.07, 6.45) is 1.39. The van der Waals surface area contributed by atoms with Gasteiger partial charge in [-0.2, -0.15) is 5.10 Å². The summed E-state index contributed by atoms with van der Waals surface area (Å²) in [5.74, 6) is 0.232. The fourth-order valence-corrected chi connectivity index (χ4v) is 1.28. The average molecular weight is 214 g/mol. The molecule has 0 heterocycles. The van der Waals surface area contributed by atoms with Crippen LogP contribution < -0.4 is 0 Å². The molecule has 0 N–H and O–H groups in total. The molecule has 0 fully saturated rings. The molecule has 0 aliphatic rings. The lowest BCUT2D eigenvalue weighted by Gasteiger charge is -2.27. The summed E-state index contributed by atoms with van der Waals surface area (Å²) in [5.41, 5.74) is 1.05. The summed E-state index contributed by atoms with van der Waals surface area (Å²) in [6.45, 7) is 10.3. The second-order valence-corrected chi connectivity index (χ2v) is 9.72. The first-order chi connectivity index (χ1) is 6.23. The molecule has 82 valence electrons. The maximum atomic E-state index is 10.8. The van der Waals surface area contributed by atoms with Crippen LogP contribution in [0.3, 0.4) is 0 Å². The van der Waals surface area contributed by atoms with Crippen molar-refractivity contribution in [2.45, 2.75) is 46.3 Å². The van der Waals surface area contributed by atoms with Crippen molar-refractivity contribution in [1.82, 2.24) is 4.67 Å². The summed E-state index contributed by atoms with van der Waals surface area (Å²) in [4.78, 5) is 10.8. The van der Waals surface area contributed by atoms with Crippen LogP contribution in [0.1, 0.15) is 26.7 Å². The van der Waals surface area contributed by atoms with Crippen LogP contribution in [0.25, 0.3) is 0 Å². The summed E-state index contributed by atoms with van der Waals surface area (Å²) < 4.78 is 2.07. The fraction of sp³-hybridized carbons (Fsp3) is 0.800. The first kappa shape index (κ1) is 13.4. The van der Waals surface area contributed by atoms with E-state index in [1.165, 1.54) is 0 Å². The topological polar surface area (TPSA) is 32.7 Å². The molecule has 0 atom stereocenters. The Kier molecular flexibility index (Phi) is 5.05. The van der Waals surface area contributed by atoms with Gasteiger partial charge in [-0.1, -0.05) is 19.6 Å². The molecule has 14 heavy (non-hydrogen) atoms. The minimum Gasteiger partial charge on any atom is -0.328 e. The van der Waals surface area contributed by atoms with Gasteiger partial charge in [0.25, 0.3) is 0 Å². The third kappa shape index (κ3) is 5.91. The SMILES string of the molecule is CC(=O)CC/C(C)=N/N(C)[Si](C)(C)C. The van der Waals surface area contributed by atoms with E-state index >= 15 is 0 Å². The average Bonchev–Trinajstić information content (AvgIpc) is 1.99. The van der Waals surface area contributed by atoms with Gasteiger partial charge >= 0.3 is 0 Å². The summed E-state index contributed by atoms with van der Waals surface area (Å²) in [6, 6.07) is 0. The lowest BCUT2D eigenvalue weighted by Crippen LogP contribution is -2.39. The van der Waals surface area contributed by atoms with E-state index in [-0.39, 0.29) is 5.78 Å². The van der Waals surface area contributed by atoms with Crippen molar-refractivity contribution >= 4 is 19.7 Å². The number of carbonyl (C=O) groups is 1. The van der Waals surface area contributed by atoms with Crippen molar-refractivity contribution in [3.05, 3.63) is 0 Å². The van der Waals surface area contributed by atoms with Gasteiger partial charge in [-0.25, -0.2) is 0 Å². The lowest BCUT2D eigenvalue weighted by molar-refractivity contribution is -0.116. The fourth-order valence-electron chi connectivity index (χ4n) is 0.813. The van der Waals surface area contributed by atoms with E-state index in [1.54, 1.807) is 6.92 Å². The highest BCUT2D eigenvalue weighted by Crippen LogP contribution is 2.07. The Labute approximate surface area is 88.3 Å². The van der Waals surface area contributed by atoms with E-state index in [0.717, 1.165) is 12.1 Å². The van der Waals surface area contributed by atoms with Gasteiger partial charge in [0, 0.05) is 19.2 Å². The van der Waals surface area contributed by atoms with E-state index in [1.807, 2.05) is 14.0 Å². The minimum absolute atomic E-state index is 0.232. The molecule has 0 radical (unpaired) electrons. The molecule has 4 heteroatoms. The van der Waals surface area contributed by atoms with Crippen LogP contribution in [0, 0.1) is 0 Å². The quantitative estimate of drug-likeness (QED) is 0.400. The van der Waals surface area contributed by atoms with Crippen molar-refractivity contribution in [2.75, 3.05) is 7.05 Å². The Morgan fingerprint density at radius 2 is 1.71 bits per heavy atom. The maximum absolute atomic E-state index is 10.8. The van der Waals surface area contributed by atoms with Gasteiger partial charge in [0.1, 0.15) is 5.78 Å². The van der Waals surface area contributed by atoms with Crippen LogP contribution in [0.5, 0.6) is 0 Å². The van der Waals surface area contributed by atoms with Gasteiger partial charge in [0.2, 0.25) is 0 Å². The van der Waals surface area contributed by atoms with E-state index in [2.05, 4.69) is 29.4 Å². The molecular formula is C10H22N2OSi. The van der Waals surface area contributed by atoms with Crippen molar-refractivity contribution < 1.29 is 4.79 Å². The molecule has 0 saturated heterocycles. The number of rotatable bonds is 5. The molecule has 0 spiro atoms. The Morgan fingerprint density at radius 1 is 1.21 bits per heavy atom. The van der Waals surface area contributed by atoms with Crippen LogP contribution in [0.15, 0.2) is 5.10 Å². The highest BCUT2D eigenvalue weighted by atomic mass is 28.3. The van der Waals surface area contributed by atoms with Crippen molar-refractivity contribution in [3.8, 4) is 0 Å². The van der Waals surface area contributed by atoms with E-state index in [0.29, 0.717) is 6.42 Å². The van der Waals surface area contributed by atoms with Crippen molar-refractivity contribution in [1.29, 1.82) is 0 Å². The smallest absolute Gasteiger partial charge is 0.168 e. The molecule has 0 aromatic heterocycles. The third-order valence-corrected chi connectivity index (χ3v) is 4.17. The number of hydrogen-bond acceptors (Lipinski definition) is 3. The number of hydrogen-bond donors (Lipinski definition) is 0. The molecule has 0 aromatic rings. The molecule has 0 unspecified atom stereocenters. The van der Waals surface area contributed by atoms with Crippen LogP contribution in [-0.2, 0) is 4.79 Å². The molecule has 0 aromatic carbocycles. The second kappa shape index (κ2) is 5.29. The van der Waals surface area contributed by atoms with E-state index < -0.39 is 8.24 Å². The Hall–Kier alpha value is -0.643. The number of hydrazone groups is 1. The van der Waals surface area contributed by atoms with Crippen molar-refractivity contribution in [3.63, 3.8) is 0 Å². The van der Waals surface area contributed by atoms with Gasteiger partial charge in [0.15, 0.2) is 8.24 Å². The van der Waals surface area contributed by atoms with E-state index in [9.17, 15) is 4.79 Å². The van der Waals surface area contributed by atoms with E-state index in [4.69, 9.17) is 0 Å². The Bertz CT molecular complexity index is 231. The molecule has 0 aliphatic carbocycles. The predicted molar refractivity (Wildman–Crippen MR) is 64.1 cm³/mol. The lowest BCUT2D eigenvalue weighted by atomic mass is 10.2. The van der Waals surface area contributed by atoms with Gasteiger partial charge in [0.05, 0.1) is 0 Å². The number of ketones is 1. The van der Waals surface area contributed by atoms with Crippen LogP contribution in [-0.4, -0.2) is 31.5 Å². The first-order valence-electron chi connectivity index (χ1n) is 5.01. The molecule has 0 saturated carbocycles. The Balaban J connectivity index is 4.16. The van der Waals surface area contributed by atoms with Gasteiger partial charge in [-0.05, 0) is 20.3 Å². The summed E-state index contributed by atoms with van der Waals surface area (Å²) in [5, 5.41) is 4.48. The van der Waals surface area contributed by atoms with Gasteiger partial charge in [-0.15, -0.1) is 0 Å². The molecule has 3 nitrogen and oxygen atoms in total. The second-order valence-electron chi connectivity index (χ2n) is 4.73. The van der Waals surface area contributed by atoms with Crippen LogP contribution in [0.2, 0.25) is 19.6 Å². The predicted octanol–water partition coefficient (Wildman–Crippen LogP) is 2.50. The van der Waals surface area contributed by atoms with Gasteiger partial charge in [-0.3, -0.25) is 0 Å². The molecular weight excluding hydrogens is 192 g/mol. The van der Waals surface area contributed by atoms with Gasteiger partial charge < -0.3 is 9.47 Å². The summed E-state index contributed by atoms with van der Waals surface area (Å²) in [7, 11) is 0.699. The monoisotopic (exact) mass is 214 g/mol. The summed E-state index contributed by atoms with van der Waals surface area (Å²) >= 11 is 0. The zero-order valence-electron chi connectivity index (χ0n) is 10.2. The van der Waals surface area contributed by atoms with Crippen LogP contribution >= 0.6 is 0 Å². The molecule has 0 aliphatic heterocycles. The zero-order valence-corrected chi connectivity index (χ0v) is 11.2. The standard InChI is InChI=1S/C10H22N2OSi/c1-9(7-8-10(2)13)11-12(3)14(4,5)6/h7-8H2,1-6H3/b11-9+. The van der Waals surface area contributed by atoms with Crippen molar-refractivity contribution in [2.24, 2.45) is 5.10 Å². The number of nitrogens with zero attached hydrogens (tertiary/aromatic N) is 2. The number of Topliss-reactive ketones (excluding diaryl/α,β-unsaturated/α-hetero) is 1. The zero-order chi connectivity index (χ0) is 11.4. The molecule has 0 amide bonds. The highest BCUT2D eigenvalue weighted by Gasteiger charge is 2.18. The minimum atomic E-state index is -1.32.